The molecule has 7 heteroatoms. The maximum atomic E-state index is 11.0. The number of H-pyrrole nitrogens is 1. The van der Waals surface area contributed by atoms with Gasteiger partial charge >= 0.3 is 98.7 Å². The molecule has 0 unspecified atom stereocenters. The number of benzene rings is 1. The van der Waals surface area contributed by atoms with Crippen molar-refractivity contribution in [2.24, 2.45) is 0 Å². The summed E-state index contributed by atoms with van der Waals surface area (Å²) >= 11 is -4.83. The van der Waals surface area contributed by atoms with Crippen molar-refractivity contribution in [1.29, 1.82) is 0 Å². The van der Waals surface area contributed by atoms with Crippen LogP contribution in [-0.2, 0) is 3.74 Å². The number of nitrogens with one attached hydrogen (secondary N) is 1. The van der Waals surface area contributed by atoms with E-state index in [0.717, 1.165) is 0 Å². The van der Waals surface area contributed by atoms with Crippen molar-refractivity contribution in [3.05, 3.63) is 46.8 Å². The van der Waals surface area contributed by atoms with Gasteiger partial charge in [-0.1, -0.05) is 0 Å². The molecule has 6 nitrogen and oxygen atoms in total. The van der Waals surface area contributed by atoms with Crippen molar-refractivity contribution in [3.63, 3.8) is 0 Å². The van der Waals surface area contributed by atoms with E-state index in [1.807, 2.05) is 0 Å². The molecular formula is C10H9AsN2O4. The van der Waals surface area contributed by atoms with E-state index in [2.05, 4.69) is 10.2 Å². The summed E-state index contributed by atoms with van der Waals surface area (Å²) in [6.45, 7) is 0. The van der Waals surface area contributed by atoms with Gasteiger partial charge in [0, 0.05) is 0 Å². The Balaban J connectivity index is 2.39. The minimum atomic E-state index is -4.83. The van der Waals surface area contributed by atoms with E-state index in [9.17, 15) is 8.53 Å². The molecule has 88 valence electrons. The summed E-state index contributed by atoms with van der Waals surface area (Å²) in [5.41, 5.74) is 0.909. The van der Waals surface area contributed by atoms with Crippen LogP contribution < -0.4 is 9.91 Å². The van der Waals surface area contributed by atoms with Gasteiger partial charge in [0.1, 0.15) is 0 Å². The van der Waals surface area contributed by atoms with E-state index < -0.39 is 14.2 Å². The normalized spacial score (nSPS) is 11.4. The first-order valence-corrected chi connectivity index (χ1v) is 8.07. The van der Waals surface area contributed by atoms with Gasteiger partial charge in [0.15, 0.2) is 0 Å². The quantitative estimate of drug-likeness (QED) is 0.617. The number of hydrogen-bond acceptors (Lipinski definition) is 3. The van der Waals surface area contributed by atoms with E-state index in [1.165, 1.54) is 24.3 Å². The van der Waals surface area contributed by atoms with Crippen molar-refractivity contribution in [2.45, 2.75) is 0 Å². The van der Waals surface area contributed by atoms with Gasteiger partial charge in [0.05, 0.1) is 0 Å². The van der Waals surface area contributed by atoms with E-state index in [4.69, 9.17) is 8.19 Å². The van der Waals surface area contributed by atoms with Crippen LogP contribution in [0.3, 0.4) is 0 Å². The van der Waals surface area contributed by atoms with Gasteiger partial charge in [-0.05, 0) is 0 Å². The molecule has 0 saturated carbocycles. The van der Waals surface area contributed by atoms with Crippen molar-refractivity contribution in [3.8, 4) is 11.3 Å². The van der Waals surface area contributed by atoms with Crippen LogP contribution >= 0.6 is 0 Å². The molecule has 3 N–H and O–H groups in total. The first-order chi connectivity index (χ1) is 7.97. The summed E-state index contributed by atoms with van der Waals surface area (Å²) in [5.74, 6) is 0. The topological polar surface area (TPSA) is 103 Å². The maximum absolute atomic E-state index is 11.0. The average Bonchev–Trinajstić information content (AvgIpc) is 2.29. The first-order valence-electron chi connectivity index (χ1n) is 4.69. The monoisotopic (exact) mass is 296 g/mol. The molecule has 0 amide bonds. The number of nitrogens with zero attached hydrogens (tertiary/aromatic N) is 1. The van der Waals surface area contributed by atoms with E-state index in [0.29, 0.717) is 11.3 Å². The fourth-order valence-electron chi connectivity index (χ4n) is 1.33. The van der Waals surface area contributed by atoms with E-state index in [1.54, 1.807) is 12.1 Å². The molecule has 1 heterocycles. The number of rotatable bonds is 2. The summed E-state index contributed by atoms with van der Waals surface area (Å²) in [5, 5.41) is 6.10. The molecule has 0 aliphatic rings. The van der Waals surface area contributed by atoms with Gasteiger partial charge < -0.3 is 0 Å². The molecule has 17 heavy (non-hydrogen) atoms. The predicted octanol–water partition coefficient (Wildman–Crippen LogP) is -1.00. The Kier molecular flexibility index (Phi) is 3.02. The summed E-state index contributed by atoms with van der Waals surface area (Å²) < 4.78 is 29.0. The van der Waals surface area contributed by atoms with Crippen LogP contribution in [-0.4, -0.2) is 32.6 Å². The average molecular weight is 296 g/mol. The fraction of sp³-hybridized carbons (Fsp3) is 0. The standard InChI is InChI=1S/C10H9AsN2O4/c14-10-6-5-9(12-13-10)7-1-3-8(4-2-7)11(15,16)17/h1-6H,(H,13,14)(H2,15,16,17). The SMILES string of the molecule is O=c1ccc(-c2ccc([As](=O)(O)O)cc2)n[nH]1. The Morgan fingerprint density at radius 2 is 1.71 bits per heavy atom. The zero-order valence-electron chi connectivity index (χ0n) is 8.57. The summed E-state index contributed by atoms with van der Waals surface area (Å²) in [7, 11) is 0. The Morgan fingerprint density at radius 1 is 1.06 bits per heavy atom. The molecular weight excluding hydrogens is 287 g/mol. The van der Waals surface area contributed by atoms with Crippen molar-refractivity contribution in [1.82, 2.24) is 10.2 Å². The van der Waals surface area contributed by atoms with Crippen LogP contribution in [0.15, 0.2) is 41.2 Å². The Bertz CT molecular complexity index is 609. The molecule has 0 fully saturated rings. The zero-order valence-corrected chi connectivity index (χ0v) is 10.4. The van der Waals surface area contributed by atoms with E-state index >= 15 is 0 Å². The third kappa shape index (κ3) is 2.74. The van der Waals surface area contributed by atoms with E-state index in [-0.39, 0.29) is 9.91 Å². The van der Waals surface area contributed by atoms with Crippen LogP contribution in [0.4, 0.5) is 0 Å². The van der Waals surface area contributed by atoms with Gasteiger partial charge in [-0.2, -0.15) is 0 Å². The summed E-state index contributed by atoms with van der Waals surface area (Å²) in [6, 6.07) is 8.70. The molecule has 0 aliphatic heterocycles. The molecule has 0 aliphatic carbocycles. The van der Waals surface area contributed by atoms with Crippen LogP contribution in [0.25, 0.3) is 11.3 Å². The molecule has 0 spiro atoms. The molecule has 0 saturated heterocycles. The second kappa shape index (κ2) is 4.33. The van der Waals surface area contributed by atoms with Gasteiger partial charge in [0.25, 0.3) is 0 Å². The van der Waals surface area contributed by atoms with Gasteiger partial charge in [-0.25, -0.2) is 0 Å². The summed E-state index contributed by atoms with van der Waals surface area (Å²) in [4.78, 5) is 10.8. The molecule has 2 rings (SSSR count). The first kappa shape index (κ1) is 11.9. The third-order valence-electron chi connectivity index (χ3n) is 2.18. The summed E-state index contributed by atoms with van der Waals surface area (Å²) in [6.07, 6.45) is 0. The third-order valence-corrected chi connectivity index (χ3v) is 4.22. The van der Waals surface area contributed by atoms with Crippen LogP contribution in [0.1, 0.15) is 0 Å². The molecule has 1 aromatic heterocycles. The molecule has 0 atom stereocenters. The fourth-order valence-corrected chi connectivity index (χ4v) is 2.46. The Morgan fingerprint density at radius 3 is 2.18 bits per heavy atom. The second-order valence-corrected chi connectivity index (χ2v) is 6.76. The minimum absolute atomic E-state index is 0.0105. The van der Waals surface area contributed by atoms with Crippen LogP contribution in [0.2, 0.25) is 0 Å². The van der Waals surface area contributed by atoms with Gasteiger partial charge in [-0.3, -0.25) is 0 Å². The van der Waals surface area contributed by atoms with Gasteiger partial charge in [0.2, 0.25) is 0 Å². The zero-order chi connectivity index (χ0) is 12.5. The Hall–Kier alpha value is -1.62. The van der Waals surface area contributed by atoms with Crippen molar-refractivity contribution >= 4 is 18.5 Å². The predicted molar refractivity (Wildman–Crippen MR) is 60.8 cm³/mol. The molecule has 1 aromatic carbocycles. The number of aromatic nitrogens is 2. The molecule has 0 radical (unpaired) electrons. The van der Waals surface area contributed by atoms with Crippen LogP contribution in [0.5, 0.6) is 0 Å². The molecule has 2 aromatic rings. The number of hydrogen-bond donors (Lipinski definition) is 3. The Labute approximate surface area is 98.9 Å². The van der Waals surface area contributed by atoms with Crippen molar-refractivity contribution in [2.75, 3.05) is 0 Å². The van der Waals surface area contributed by atoms with Crippen LogP contribution in [0, 0.1) is 0 Å². The second-order valence-electron chi connectivity index (χ2n) is 3.40. The molecule has 0 bridgehead atoms. The van der Waals surface area contributed by atoms with Crippen molar-refractivity contribution < 1.29 is 11.9 Å². The number of aromatic amines is 1. The van der Waals surface area contributed by atoms with Gasteiger partial charge in [-0.15, -0.1) is 0 Å².